The summed E-state index contributed by atoms with van der Waals surface area (Å²) in [5.74, 6) is 2.32. The molecule has 6 heteroatoms. The van der Waals surface area contributed by atoms with E-state index >= 15 is 0 Å². The first kappa shape index (κ1) is 19.4. The molecule has 0 saturated heterocycles. The van der Waals surface area contributed by atoms with E-state index in [4.69, 9.17) is 9.47 Å². The van der Waals surface area contributed by atoms with Gasteiger partial charge in [-0.25, -0.2) is 0 Å². The van der Waals surface area contributed by atoms with E-state index in [1.807, 2.05) is 18.2 Å². The number of hydrogen-bond donors (Lipinski definition) is 0. The molecule has 0 aliphatic carbocycles. The van der Waals surface area contributed by atoms with Gasteiger partial charge in [0.15, 0.2) is 0 Å². The van der Waals surface area contributed by atoms with Gasteiger partial charge >= 0.3 is 27.7 Å². The zero-order chi connectivity index (χ0) is 17.7. The van der Waals surface area contributed by atoms with Gasteiger partial charge < -0.3 is 9.47 Å². The van der Waals surface area contributed by atoms with E-state index in [0.717, 1.165) is 11.1 Å². The van der Waals surface area contributed by atoms with Gasteiger partial charge in [-0.05, 0) is 11.8 Å². The first-order valence-electron chi connectivity index (χ1n) is 8.11. The summed E-state index contributed by atoms with van der Waals surface area (Å²) in [6.45, 7) is 9.94. The van der Waals surface area contributed by atoms with Crippen LogP contribution in [0, 0.1) is 17.9 Å². The predicted molar refractivity (Wildman–Crippen MR) is 93.4 cm³/mol. The molecule has 0 aromatic heterocycles. The summed E-state index contributed by atoms with van der Waals surface area (Å²) < 4.78 is 11.5. The Hall–Kier alpha value is -0.888. The van der Waals surface area contributed by atoms with Gasteiger partial charge in [0.1, 0.15) is 25.0 Å². The Bertz CT molecular complexity index is 568. The second-order valence-electron chi connectivity index (χ2n) is 6.59. The molecule has 4 nitrogen and oxygen atoms in total. The number of nitrogens with zero attached hydrogens (tertiary/aromatic N) is 2. The average molecular weight is 441 g/mol. The maximum absolute atomic E-state index is 5.73. The number of rotatable bonds is 4. The van der Waals surface area contributed by atoms with Gasteiger partial charge in [-0.1, -0.05) is 38.8 Å². The number of hydrogen-bond acceptors (Lipinski definition) is 4. The minimum absolute atomic E-state index is 0.234. The van der Waals surface area contributed by atoms with Crippen molar-refractivity contribution in [3.05, 3.63) is 35.4 Å². The van der Waals surface area contributed by atoms with E-state index in [1.165, 1.54) is 0 Å². The van der Waals surface area contributed by atoms with Crippen molar-refractivity contribution in [1.82, 2.24) is 0 Å². The van der Waals surface area contributed by atoms with Gasteiger partial charge in [0.2, 0.25) is 0 Å². The van der Waals surface area contributed by atoms with Crippen molar-refractivity contribution in [1.29, 1.82) is 0 Å². The molecule has 2 heterocycles. The first-order valence-corrected chi connectivity index (χ1v) is 10.1. The molecule has 2 aliphatic rings. The van der Waals surface area contributed by atoms with Crippen LogP contribution in [0.2, 0.25) is 0 Å². The van der Waals surface area contributed by atoms with Crippen molar-refractivity contribution >= 4 is 21.3 Å². The maximum atomic E-state index is 5.73. The van der Waals surface area contributed by atoms with Crippen LogP contribution in [-0.2, 0) is 27.7 Å². The fourth-order valence-electron chi connectivity index (χ4n) is 2.48. The van der Waals surface area contributed by atoms with Gasteiger partial charge in [-0.3, -0.25) is 9.98 Å². The predicted octanol–water partition coefficient (Wildman–Crippen LogP) is 3.78. The van der Waals surface area contributed by atoms with Crippen LogP contribution in [0.5, 0.6) is 0 Å². The zero-order valence-corrected chi connectivity index (χ0v) is 16.7. The molecular weight excluding hydrogens is 418 g/mol. The summed E-state index contributed by atoms with van der Waals surface area (Å²) in [7, 11) is 4.49. The van der Waals surface area contributed by atoms with Crippen molar-refractivity contribution in [3.63, 3.8) is 0 Å². The third-order valence-electron chi connectivity index (χ3n) is 4.14. The fraction of sp³-hybridized carbons (Fsp3) is 0.556. The van der Waals surface area contributed by atoms with E-state index in [1.54, 1.807) is 0 Å². The van der Waals surface area contributed by atoms with Gasteiger partial charge in [0, 0.05) is 0 Å². The zero-order valence-electron chi connectivity index (χ0n) is 14.4. The molecule has 2 aliphatic heterocycles. The number of halogens is 1. The molecule has 0 bridgehead atoms. The minimum atomic E-state index is 0.234. The fourth-order valence-corrected chi connectivity index (χ4v) is 2.48. The molecule has 3 rings (SSSR count). The SMILES string of the molecule is CC(C)[C@H]1COC(c2[c-]c(C3=N[C@@H](C(C)C)CO3)ccc2)=N1.[Cl][Pd+]. The van der Waals surface area contributed by atoms with Gasteiger partial charge in [0.05, 0.1) is 12.1 Å². The summed E-state index contributed by atoms with van der Waals surface area (Å²) in [6.07, 6.45) is 0. The molecule has 24 heavy (non-hydrogen) atoms. The van der Waals surface area contributed by atoms with Gasteiger partial charge in [0.25, 0.3) is 0 Å². The van der Waals surface area contributed by atoms with E-state index in [-0.39, 0.29) is 12.1 Å². The van der Waals surface area contributed by atoms with E-state index in [2.05, 4.69) is 71.5 Å². The van der Waals surface area contributed by atoms with Crippen LogP contribution in [0.15, 0.2) is 28.2 Å². The molecule has 0 saturated carbocycles. The quantitative estimate of drug-likeness (QED) is 0.528. The number of aliphatic imine (C=N–C) groups is 2. The van der Waals surface area contributed by atoms with Crippen molar-refractivity contribution in [2.75, 3.05) is 13.2 Å². The third kappa shape index (κ3) is 4.59. The van der Waals surface area contributed by atoms with Crippen molar-refractivity contribution in [3.8, 4) is 0 Å². The molecule has 2 atom stereocenters. The van der Waals surface area contributed by atoms with Crippen molar-refractivity contribution < 1.29 is 27.7 Å². The van der Waals surface area contributed by atoms with Crippen LogP contribution < -0.4 is 0 Å². The topological polar surface area (TPSA) is 43.2 Å². The summed E-state index contributed by atoms with van der Waals surface area (Å²) in [5.41, 5.74) is 1.75. The molecule has 0 radical (unpaired) electrons. The molecule has 0 N–H and O–H groups in total. The van der Waals surface area contributed by atoms with E-state index in [0.29, 0.717) is 36.8 Å². The number of ether oxygens (including phenoxy) is 2. The summed E-state index contributed by atoms with van der Waals surface area (Å²) >= 11 is 2.22. The van der Waals surface area contributed by atoms with Crippen LogP contribution in [0.1, 0.15) is 38.8 Å². The summed E-state index contributed by atoms with van der Waals surface area (Å²) in [6, 6.07) is 9.73. The van der Waals surface area contributed by atoms with Crippen LogP contribution in [0.3, 0.4) is 0 Å². The molecule has 1 aromatic rings. The molecule has 0 unspecified atom stereocenters. The summed E-state index contributed by atoms with van der Waals surface area (Å²) in [5, 5.41) is 0. The molecular formula is C18H23ClN2O2Pd. The third-order valence-corrected chi connectivity index (χ3v) is 4.14. The monoisotopic (exact) mass is 440 g/mol. The summed E-state index contributed by atoms with van der Waals surface area (Å²) in [4.78, 5) is 9.30. The van der Waals surface area contributed by atoms with Crippen LogP contribution in [0.25, 0.3) is 0 Å². The second kappa shape index (κ2) is 8.99. The van der Waals surface area contributed by atoms with E-state index in [9.17, 15) is 0 Å². The van der Waals surface area contributed by atoms with Crippen LogP contribution >= 0.6 is 9.53 Å². The second-order valence-corrected chi connectivity index (χ2v) is 6.59. The Kier molecular flexibility index (Phi) is 7.28. The van der Waals surface area contributed by atoms with Crippen molar-refractivity contribution in [2.24, 2.45) is 21.8 Å². The Labute approximate surface area is 159 Å². The number of benzene rings is 1. The Morgan fingerprint density at radius 1 is 0.958 bits per heavy atom. The van der Waals surface area contributed by atoms with Crippen molar-refractivity contribution in [2.45, 2.75) is 39.8 Å². The molecule has 134 valence electrons. The molecule has 0 spiro atoms. The first-order chi connectivity index (χ1) is 11.5. The molecule has 0 amide bonds. The molecule has 0 fully saturated rings. The van der Waals surface area contributed by atoms with Crippen LogP contribution in [0.4, 0.5) is 0 Å². The standard InChI is InChI=1S/C18H23N2O2.ClH.Pd/c1-11(2)15-9-21-17(19-15)13-6-5-7-14(8-13)18-20-16(10-22-18)12(3)4;;/h5-7,11-12,15-16H,9-10H2,1-4H3;1H;/q-1;;+2/p-1/t15-,16-;;/m1../s1. The van der Waals surface area contributed by atoms with Gasteiger partial charge in [-0.2, -0.15) is 0 Å². The Morgan fingerprint density at radius 3 is 1.71 bits per heavy atom. The normalized spacial score (nSPS) is 22.5. The average Bonchev–Trinajstić information content (AvgIpc) is 3.27. The van der Waals surface area contributed by atoms with Crippen LogP contribution in [-0.4, -0.2) is 37.1 Å². The molecule has 1 aromatic carbocycles. The van der Waals surface area contributed by atoms with E-state index < -0.39 is 0 Å². The Balaban J connectivity index is 0.00000100. The van der Waals surface area contributed by atoms with Gasteiger partial charge in [-0.15, -0.1) is 24.3 Å². The Morgan fingerprint density at radius 2 is 1.38 bits per heavy atom.